The molecule has 1 amide bonds. The van der Waals surface area contributed by atoms with Gasteiger partial charge in [-0.15, -0.1) is 10.2 Å². The van der Waals surface area contributed by atoms with Crippen molar-refractivity contribution in [2.45, 2.75) is 70.3 Å². The molecular weight excluding hydrogens is 358 g/mol. The number of rotatable bonds is 7. The number of nitrogens with one attached hydrogen (secondary N) is 1. The number of carbonyl (C=O) groups is 1. The molecule has 1 saturated heterocycles. The highest BCUT2D eigenvalue weighted by Gasteiger charge is 2.39. The number of aromatic nitrogens is 3. The van der Waals surface area contributed by atoms with E-state index in [2.05, 4.69) is 25.6 Å². The van der Waals surface area contributed by atoms with Gasteiger partial charge in [0.25, 0.3) is 5.89 Å². The highest BCUT2D eigenvalue weighted by molar-refractivity contribution is 5.76. The Morgan fingerprint density at radius 1 is 1.18 bits per heavy atom. The van der Waals surface area contributed by atoms with Crippen LogP contribution in [0.2, 0.25) is 0 Å². The molecule has 0 atom stereocenters. The summed E-state index contributed by atoms with van der Waals surface area (Å²) in [6.45, 7) is 4.89. The number of hydrogen-bond donors (Lipinski definition) is 1. The molecule has 2 aromatic rings. The minimum atomic E-state index is 0.0420. The smallest absolute Gasteiger partial charge is 0.269 e. The number of likely N-dealkylation sites (tertiary alicyclic amines) is 1. The topological polar surface area (TPSA) is 97.3 Å². The lowest BCUT2D eigenvalue weighted by atomic mass is 9.92. The van der Waals surface area contributed by atoms with Crippen molar-refractivity contribution in [3.8, 4) is 11.6 Å². The predicted molar refractivity (Wildman–Crippen MR) is 102 cm³/mol. The summed E-state index contributed by atoms with van der Waals surface area (Å²) in [6, 6.07) is 1.74. The summed E-state index contributed by atoms with van der Waals surface area (Å²) >= 11 is 0. The first-order chi connectivity index (χ1) is 13.6. The maximum absolute atomic E-state index is 12.4. The van der Waals surface area contributed by atoms with Gasteiger partial charge in [-0.25, -0.2) is 0 Å². The van der Waals surface area contributed by atoms with Crippen LogP contribution in [0.1, 0.15) is 63.0 Å². The van der Waals surface area contributed by atoms with Crippen molar-refractivity contribution in [3.05, 3.63) is 17.7 Å². The zero-order valence-electron chi connectivity index (χ0n) is 16.6. The maximum atomic E-state index is 12.4. The van der Waals surface area contributed by atoms with Gasteiger partial charge in [0.1, 0.15) is 5.76 Å². The van der Waals surface area contributed by atoms with E-state index >= 15 is 0 Å². The molecule has 1 N–H and O–H groups in total. The third-order valence-electron chi connectivity index (χ3n) is 6.06. The highest BCUT2D eigenvalue weighted by Crippen LogP contribution is 2.36. The van der Waals surface area contributed by atoms with E-state index in [-0.39, 0.29) is 11.4 Å². The van der Waals surface area contributed by atoms with Crippen LogP contribution < -0.4 is 5.32 Å². The standard InChI is InChI=1S/C20H29N5O3/c1-15-13-16(24-28-15)19-23-22-18(27-19)8-7-17(26)21-14-20(9-3-4-10-20)25-11-5-2-6-12-25/h13H,2-12,14H2,1H3,(H,21,26). The Bertz CT molecular complexity index is 787. The van der Waals surface area contributed by atoms with E-state index in [1.807, 2.05) is 0 Å². The molecule has 2 aliphatic rings. The first-order valence-corrected chi connectivity index (χ1v) is 10.4. The normalized spacial score (nSPS) is 19.8. The molecule has 4 rings (SSSR count). The molecule has 0 unspecified atom stereocenters. The quantitative estimate of drug-likeness (QED) is 0.780. The second kappa shape index (κ2) is 8.43. The summed E-state index contributed by atoms with van der Waals surface area (Å²) in [5.74, 6) is 1.49. The molecule has 2 aromatic heterocycles. The van der Waals surface area contributed by atoms with Crippen molar-refractivity contribution >= 4 is 5.91 Å². The average Bonchev–Trinajstić information content (AvgIpc) is 3.46. The zero-order chi connectivity index (χ0) is 19.4. The van der Waals surface area contributed by atoms with Gasteiger partial charge in [-0.2, -0.15) is 0 Å². The molecule has 2 fully saturated rings. The molecule has 0 radical (unpaired) electrons. The number of aryl methyl sites for hydroxylation is 2. The Morgan fingerprint density at radius 3 is 2.68 bits per heavy atom. The second-order valence-corrected chi connectivity index (χ2v) is 8.08. The fourth-order valence-corrected chi connectivity index (χ4v) is 4.50. The molecule has 152 valence electrons. The van der Waals surface area contributed by atoms with E-state index in [9.17, 15) is 4.79 Å². The highest BCUT2D eigenvalue weighted by atomic mass is 16.5. The fourth-order valence-electron chi connectivity index (χ4n) is 4.50. The van der Waals surface area contributed by atoms with Crippen LogP contribution >= 0.6 is 0 Å². The lowest BCUT2D eigenvalue weighted by Crippen LogP contribution is -2.55. The third-order valence-corrected chi connectivity index (χ3v) is 6.06. The van der Waals surface area contributed by atoms with Crippen LogP contribution in [0.3, 0.4) is 0 Å². The van der Waals surface area contributed by atoms with Crippen molar-refractivity contribution in [3.63, 3.8) is 0 Å². The second-order valence-electron chi connectivity index (χ2n) is 8.08. The minimum absolute atomic E-state index is 0.0420. The van der Waals surface area contributed by atoms with Gasteiger partial charge in [0.05, 0.1) is 0 Å². The van der Waals surface area contributed by atoms with Gasteiger partial charge in [0, 0.05) is 31.0 Å². The van der Waals surface area contributed by atoms with Crippen LogP contribution in [0.25, 0.3) is 11.6 Å². The summed E-state index contributed by atoms with van der Waals surface area (Å²) in [5, 5.41) is 15.0. The van der Waals surface area contributed by atoms with Gasteiger partial charge in [0.2, 0.25) is 11.8 Å². The van der Waals surface area contributed by atoms with Crippen LogP contribution in [0, 0.1) is 6.92 Å². The third kappa shape index (κ3) is 4.27. The van der Waals surface area contributed by atoms with E-state index in [0.717, 1.165) is 6.54 Å². The monoisotopic (exact) mass is 387 g/mol. The van der Waals surface area contributed by atoms with Crippen molar-refractivity contribution < 1.29 is 13.7 Å². The number of nitrogens with zero attached hydrogens (tertiary/aromatic N) is 4. The van der Waals surface area contributed by atoms with Crippen molar-refractivity contribution in [2.24, 2.45) is 0 Å². The fraction of sp³-hybridized carbons (Fsp3) is 0.700. The average molecular weight is 387 g/mol. The molecule has 0 bridgehead atoms. The van der Waals surface area contributed by atoms with Gasteiger partial charge >= 0.3 is 0 Å². The SMILES string of the molecule is Cc1cc(-c2nnc(CCC(=O)NCC3(N4CCCCC4)CCCC3)o2)no1. The van der Waals surface area contributed by atoms with Crippen LogP contribution in [0.5, 0.6) is 0 Å². The van der Waals surface area contributed by atoms with Crippen LogP contribution in [-0.4, -0.2) is 51.3 Å². The zero-order valence-corrected chi connectivity index (χ0v) is 16.6. The predicted octanol–water partition coefficient (Wildman–Crippen LogP) is 2.88. The lowest BCUT2D eigenvalue weighted by molar-refractivity contribution is -0.121. The summed E-state index contributed by atoms with van der Waals surface area (Å²) in [4.78, 5) is 15.1. The lowest BCUT2D eigenvalue weighted by Gasteiger charge is -2.43. The molecule has 3 heterocycles. The Kier molecular flexibility index (Phi) is 5.75. The van der Waals surface area contributed by atoms with Gasteiger partial charge in [-0.3, -0.25) is 9.69 Å². The molecular formula is C20H29N5O3. The first-order valence-electron chi connectivity index (χ1n) is 10.4. The van der Waals surface area contributed by atoms with Crippen molar-refractivity contribution in [1.29, 1.82) is 0 Å². The molecule has 28 heavy (non-hydrogen) atoms. The van der Waals surface area contributed by atoms with Crippen LogP contribution in [0.15, 0.2) is 15.0 Å². The van der Waals surface area contributed by atoms with E-state index < -0.39 is 0 Å². The van der Waals surface area contributed by atoms with Crippen LogP contribution in [0.4, 0.5) is 0 Å². The van der Waals surface area contributed by atoms with E-state index in [1.165, 1.54) is 58.0 Å². The Labute approximate surface area is 165 Å². The van der Waals surface area contributed by atoms with Gasteiger partial charge in [-0.1, -0.05) is 24.4 Å². The van der Waals surface area contributed by atoms with E-state index in [1.54, 1.807) is 13.0 Å². The van der Waals surface area contributed by atoms with Gasteiger partial charge < -0.3 is 14.3 Å². The molecule has 0 aromatic carbocycles. The Morgan fingerprint density at radius 2 is 1.96 bits per heavy atom. The number of piperidine rings is 1. The molecule has 8 nitrogen and oxygen atoms in total. The van der Waals surface area contributed by atoms with Crippen molar-refractivity contribution in [1.82, 2.24) is 25.6 Å². The Balaban J connectivity index is 1.28. The van der Waals surface area contributed by atoms with Crippen molar-refractivity contribution in [2.75, 3.05) is 19.6 Å². The minimum Gasteiger partial charge on any atom is -0.419 e. The molecule has 8 heteroatoms. The molecule has 0 spiro atoms. The number of amides is 1. The Hall–Kier alpha value is -2.22. The van der Waals surface area contributed by atoms with E-state index in [4.69, 9.17) is 8.94 Å². The molecule has 1 aliphatic heterocycles. The summed E-state index contributed by atoms with van der Waals surface area (Å²) in [7, 11) is 0. The first kappa shape index (κ1) is 19.1. The largest absolute Gasteiger partial charge is 0.419 e. The van der Waals surface area contributed by atoms with Gasteiger partial charge in [0.15, 0.2) is 5.69 Å². The van der Waals surface area contributed by atoms with Crippen LogP contribution in [-0.2, 0) is 11.2 Å². The summed E-state index contributed by atoms with van der Waals surface area (Å²) < 4.78 is 10.6. The number of hydrogen-bond acceptors (Lipinski definition) is 7. The maximum Gasteiger partial charge on any atom is 0.269 e. The molecule has 1 aliphatic carbocycles. The summed E-state index contributed by atoms with van der Waals surface area (Å²) in [5.41, 5.74) is 0.684. The van der Waals surface area contributed by atoms with E-state index in [0.29, 0.717) is 36.1 Å². The summed E-state index contributed by atoms with van der Waals surface area (Å²) in [6.07, 6.45) is 9.56. The number of carbonyl (C=O) groups excluding carboxylic acids is 1. The molecule has 1 saturated carbocycles. The van der Waals surface area contributed by atoms with Gasteiger partial charge in [-0.05, 0) is 45.7 Å².